The Labute approximate surface area is 177 Å². The number of nitrogens with zero attached hydrogens (tertiary/aromatic N) is 3. The average molecular weight is 439 g/mol. The second-order valence-corrected chi connectivity index (χ2v) is 10.3. The van der Waals surface area contributed by atoms with Gasteiger partial charge in [0, 0.05) is 44.5 Å². The van der Waals surface area contributed by atoms with Crippen molar-refractivity contribution >= 4 is 21.8 Å². The van der Waals surface area contributed by atoms with Crippen molar-refractivity contribution in [3.05, 3.63) is 29.3 Å². The van der Waals surface area contributed by atoms with Crippen LogP contribution in [0.5, 0.6) is 5.75 Å². The number of ether oxygens (including phenoxy) is 1. The van der Waals surface area contributed by atoms with Crippen molar-refractivity contribution in [2.45, 2.75) is 25.9 Å². The largest absolute Gasteiger partial charge is 0.496 e. The van der Waals surface area contributed by atoms with E-state index in [0.29, 0.717) is 0 Å². The highest BCUT2D eigenvalue weighted by atomic mass is 32.2. The van der Waals surface area contributed by atoms with Gasteiger partial charge in [-0.3, -0.25) is 14.6 Å². The summed E-state index contributed by atoms with van der Waals surface area (Å²) in [5, 5.41) is 2.60. The van der Waals surface area contributed by atoms with Crippen LogP contribution in [-0.4, -0.2) is 93.1 Å². The van der Waals surface area contributed by atoms with Gasteiger partial charge in [0.1, 0.15) is 21.6 Å². The van der Waals surface area contributed by atoms with Gasteiger partial charge in [0.25, 0.3) is 5.91 Å². The van der Waals surface area contributed by atoms with Crippen LogP contribution in [-0.2, 0) is 21.2 Å². The summed E-state index contributed by atoms with van der Waals surface area (Å²) in [6.07, 6.45) is 1.23. The number of nitrogens with one attached hydrogen (secondary N) is 1. The number of benzene rings is 1. The van der Waals surface area contributed by atoms with Gasteiger partial charge in [0.15, 0.2) is 0 Å². The van der Waals surface area contributed by atoms with E-state index in [2.05, 4.69) is 28.1 Å². The van der Waals surface area contributed by atoms with Gasteiger partial charge in [0.2, 0.25) is 0 Å². The van der Waals surface area contributed by atoms with Crippen LogP contribution in [0.3, 0.4) is 0 Å². The summed E-state index contributed by atoms with van der Waals surface area (Å²) < 4.78 is 28.1. The molecule has 0 aromatic heterocycles. The molecular weight excluding hydrogens is 408 g/mol. The Hall–Kier alpha value is -2.17. The van der Waals surface area contributed by atoms with E-state index in [0.717, 1.165) is 50.3 Å². The number of hydrogen-bond acceptors (Lipinski definition) is 7. The molecule has 0 radical (unpaired) electrons. The third kappa shape index (κ3) is 5.71. The summed E-state index contributed by atoms with van der Waals surface area (Å²) in [5.41, 5.74) is 2.34. The summed E-state index contributed by atoms with van der Waals surface area (Å²) in [5.74, 6) is 0.400. The van der Waals surface area contributed by atoms with E-state index in [1.807, 2.05) is 12.1 Å². The summed E-state index contributed by atoms with van der Waals surface area (Å²) in [6.45, 7) is 6.17. The first-order valence-corrected chi connectivity index (χ1v) is 12.1. The third-order valence-electron chi connectivity index (χ3n) is 5.52. The summed E-state index contributed by atoms with van der Waals surface area (Å²) >= 11 is 0. The molecular formula is C20H30N4O5S. The maximum Gasteiger partial charge on any atom is 0.325 e. The molecule has 1 aromatic carbocycles. The zero-order chi connectivity index (χ0) is 21.9. The van der Waals surface area contributed by atoms with Crippen LogP contribution in [0.2, 0.25) is 0 Å². The third-order valence-corrected chi connectivity index (χ3v) is 6.50. The topological polar surface area (TPSA) is 99.3 Å². The van der Waals surface area contributed by atoms with Crippen LogP contribution in [0, 0.1) is 6.92 Å². The van der Waals surface area contributed by atoms with Gasteiger partial charge < -0.3 is 10.1 Å². The van der Waals surface area contributed by atoms with Gasteiger partial charge >= 0.3 is 6.03 Å². The summed E-state index contributed by atoms with van der Waals surface area (Å²) in [4.78, 5) is 30.3. The van der Waals surface area contributed by atoms with E-state index in [4.69, 9.17) is 4.74 Å². The average Bonchev–Trinajstić information content (AvgIpc) is 2.95. The van der Waals surface area contributed by atoms with Gasteiger partial charge in [0.05, 0.1) is 19.5 Å². The molecule has 2 fully saturated rings. The minimum Gasteiger partial charge on any atom is -0.496 e. The lowest BCUT2D eigenvalue weighted by atomic mass is 10.1. The minimum atomic E-state index is -3.18. The molecule has 1 atom stereocenters. The lowest BCUT2D eigenvalue weighted by Gasteiger charge is -2.36. The SMILES string of the molecule is COc1ccc(C)cc1CN1CCN(CN2C(=O)NC(CCS(C)(=O)=O)C2=O)CC1. The summed E-state index contributed by atoms with van der Waals surface area (Å²) in [6, 6.07) is 4.93. The Morgan fingerprint density at radius 2 is 1.80 bits per heavy atom. The van der Waals surface area contributed by atoms with Crippen molar-refractivity contribution in [3.63, 3.8) is 0 Å². The van der Waals surface area contributed by atoms with Gasteiger partial charge in [-0.05, 0) is 19.4 Å². The maximum absolute atomic E-state index is 12.5. The molecule has 1 unspecified atom stereocenters. The van der Waals surface area contributed by atoms with Gasteiger partial charge in [-0.1, -0.05) is 17.7 Å². The number of piperazine rings is 1. The van der Waals surface area contributed by atoms with E-state index >= 15 is 0 Å². The van der Waals surface area contributed by atoms with Crippen LogP contribution < -0.4 is 10.1 Å². The van der Waals surface area contributed by atoms with Crippen molar-refractivity contribution in [1.82, 2.24) is 20.0 Å². The van der Waals surface area contributed by atoms with Crippen molar-refractivity contribution in [3.8, 4) is 5.75 Å². The quantitative estimate of drug-likeness (QED) is 0.588. The zero-order valence-electron chi connectivity index (χ0n) is 17.8. The fourth-order valence-corrected chi connectivity index (χ4v) is 4.46. The molecule has 0 saturated carbocycles. The van der Waals surface area contributed by atoms with Crippen molar-refractivity contribution < 1.29 is 22.7 Å². The molecule has 3 amide bonds. The van der Waals surface area contributed by atoms with Crippen LogP contribution in [0.25, 0.3) is 0 Å². The second kappa shape index (κ2) is 9.32. The minimum absolute atomic E-state index is 0.103. The lowest BCUT2D eigenvalue weighted by molar-refractivity contribution is -0.129. The first-order valence-electron chi connectivity index (χ1n) is 10.0. The molecule has 3 rings (SSSR count). The number of hydrogen-bond donors (Lipinski definition) is 1. The predicted molar refractivity (Wildman–Crippen MR) is 113 cm³/mol. The second-order valence-electron chi connectivity index (χ2n) is 8.04. The number of imide groups is 1. The zero-order valence-corrected chi connectivity index (χ0v) is 18.6. The van der Waals surface area contributed by atoms with E-state index in [9.17, 15) is 18.0 Å². The molecule has 1 N–H and O–H groups in total. The van der Waals surface area contributed by atoms with Gasteiger partial charge in [-0.2, -0.15) is 0 Å². The lowest BCUT2D eigenvalue weighted by Crippen LogP contribution is -2.51. The molecule has 10 heteroatoms. The number of aryl methyl sites for hydroxylation is 1. The first-order chi connectivity index (χ1) is 14.2. The molecule has 166 valence electrons. The Morgan fingerprint density at radius 3 is 2.43 bits per heavy atom. The Balaban J connectivity index is 1.50. The number of amides is 3. The molecule has 9 nitrogen and oxygen atoms in total. The van der Waals surface area contributed by atoms with Crippen LogP contribution in [0.15, 0.2) is 18.2 Å². The molecule has 2 aliphatic heterocycles. The maximum atomic E-state index is 12.5. The smallest absolute Gasteiger partial charge is 0.325 e. The Morgan fingerprint density at radius 1 is 1.13 bits per heavy atom. The number of carbonyl (C=O) groups excluding carboxylic acids is 2. The monoisotopic (exact) mass is 438 g/mol. The van der Waals surface area contributed by atoms with E-state index in [1.165, 1.54) is 10.5 Å². The van der Waals surface area contributed by atoms with E-state index in [1.54, 1.807) is 7.11 Å². The Bertz CT molecular complexity index is 896. The molecule has 2 aliphatic rings. The predicted octanol–water partition coefficient (Wildman–Crippen LogP) is 0.434. The highest BCUT2D eigenvalue weighted by Gasteiger charge is 2.39. The number of rotatable bonds is 8. The van der Waals surface area contributed by atoms with Crippen molar-refractivity contribution in [2.75, 3.05) is 52.0 Å². The number of sulfone groups is 1. The van der Waals surface area contributed by atoms with Crippen LogP contribution >= 0.6 is 0 Å². The van der Waals surface area contributed by atoms with Crippen molar-refractivity contribution in [2.24, 2.45) is 0 Å². The number of methoxy groups -OCH3 is 1. The highest BCUT2D eigenvalue weighted by Crippen LogP contribution is 2.22. The number of carbonyl (C=O) groups is 2. The standard InChI is InChI=1S/C20H30N4O5S/c1-15-4-5-18(29-2)16(12-15)13-22-7-9-23(10-8-22)14-24-19(25)17(21-20(24)26)6-11-30(3,27)28/h4-5,12,17H,6-11,13-14H2,1-3H3,(H,21,26). The summed E-state index contributed by atoms with van der Waals surface area (Å²) in [7, 11) is -1.51. The normalized spacial score (nSPS) is 21.2. The molecule has 2 heterocycles. The van der Waals surface area contributed by atoms with Crippen molar-refractivity contribution in [1.29, 1.82) is 0 Å². The van der Waals surface area contributed by atoms with E-state index in [-0.39, 0.29) is 24.7 Å². The molecule has 1 aromatic rings. The first kappa shape index (κ1) is 22.5. The molecule has 0 spiro atoms. The Kier molecular flexibility index (Phi) is 6.99. The highest BCUT2D eigenvalue weighted by molar-refractivity contribution is 7.90. The van der Waals surface area contributed by atoms with Gasteiger partial charge in [-0.25, -0.2) is 18.1 Å². The fourth-order valence-electron chi connectivity index (χ4n) is 3.80. The number of urea groups is 1. The fraction of sp³-hybridized carbons (Fsp3) is 0.600. The molecule has 0 aliphatic carbocycles. The van der Waals surface area contributed by atoms with Crippen LogP contribution in [0.4, 0.5) is 4.79 Å². The van der Waals surface area contributed by atoms with E-state index < -0.39 is 21.9 Å². The molecule has 0 bridgehead atoms. The van der Waals surface area contributed by atoms with Gasteiger partial charge in [-0.15, -0.1) is 0 Å². The van der Waals surface area contributed by atoms with Crippen LogP contribution in [0.1, 0.15) is 17.5 Å². The molecule has 30 heavy (non-hydrogen) atoms. The molecule has 2 saturated heterocycles.